The zero-order valence-electron chi connectivity index (χ0n) is 11.3. The monoisotopic (exact) mass is 250 g/mol. The van der Waals surface area contributed by atoms with Gasteiger partial charge in [0.25, 0.3) is 0 Å². The van der Waals surface area contributed by atoms with Crippen LogP contribution in [0.3, 0.4) is 0 Å². The highest BCUT2D eigenvalue weighted by Gasteiger charge is 2.08. The molecular formula is C17H18N2. The molecule has 2 aromatic rings. The molecule has 0 bridgehead atoms. The fourth-order valence-corrected chi connectivity index (χ4v) is 2.31. The third kappa shape index (κ3) is 2.77. The summed E-state index contributed by atoms with van der Waals surface area (Å²) in [7, 11) is 2.09. The van der Waals surface area contributed by atoms with Crippen LogP contribution in [0.4, 0.5) is 5.69 Å². The van der Waals surface area contributed by atoms with E-state index in [0.29, 0.717) is 0 Å². The zero-order chi connectivity index (χ0) is 13.7. The number of nitriles is 1. The van der Waals surface area contributed by atoms with Gasteiger partial charge in [-0.3, -0.25) is 0 Å². The van der Waals surface area contributed by atoms with Crippen LogP contribution in [-0.2, 0) is 0 Å². The Hall–Kier alpha value is -2.27. The maximum absolute atomic E-state index is 9.16. The van der Waals surface area contributed by atoms with Gasteiger partial charge in [-0.25, -0.2) is 0 Å². The molecule has 0 spiro atoms. The normalized spacial score (nSPS) is 10.1. The third-order valence-corrected chi connectivity index (χ3v) is 3.33. The molecule has 2 aromatic carbocycles. The summed E-state index contributed by atoms with van der Waals surface area (Å²) in [6, 6.07) is 14.3. The van der Waals surface area contributed by atoms with Gasteiger partial charge in [-0.1, -0.05) is 30.3 Å². The van der Waals surface area contributed by atoms with Crippen molar-refractivity contribution in [2.24, 2.45) is 0 Å². The summed E-state index contributed by atoms with van der Waals surface area (Å²) in [5.74, 6) is 0. The van der Waals surface area contributed by atoms with Crippen molar-refractivity contribution < 1.29 is 0 Å². The number of hydrogen-bond donors (Lipinski definition) is 0. The summed E-state index contributed by atoms with van der Waals surface area (Å²) < 4.78 is 0. The van der Waals surface area contributed by atoms with Crippen LogP contribution >= 0.6 is 0 Å². The molecule has 0 aliphatic rings. The number of fused-ring (bicyclic) bond motifs is 1. The Morgan fingerprint density at radius 1 is 1.21 bits per heavy atom. The second kappa shape index (κ2) is 6.06. The Balaban J connectivity index is 2.39. The van der Waals surface area contributed by atoms with Crippen LogP contribution in [0.2, 0.25) is 0 Å². The number of allylic oxidation sites excluding steroid dienone is 1. The molecule has 0 amide bonds. The number of nitrogens with zero attached hydrogens (tertiary/aromatic N) is 2. The van der Waals surface area contributed by atoms with E-state index in [1.54, 1.807) is 0 Å². The molecule has 0 heterocycles. The van der Waals surface area contributed by atoms with Crippen LogP contribution in [0.25, 0.3) is 10.8 Å². The molecule has 0 fully saturated rings. The minimum Gasteiger partial charge on any atom is -0.374 e. The van der Waals surface area contributed by atoms with Crippen LogP contribution < -0.4 is 4.90 Å². The van der Waals surface area contributed by atoms with Crippen molar-refractivity contribution in [1.82, 2.24) is 0 Å². The molecule has 0 radical (unpaired) electrons. The molecule has 0 aromatic heterocycles. The molecule has 0 saturated carbocycles. The number of hydrogen-bond acceptors (Lipinski definition) is 2. The first kappa shape index (κ1) is 13.2. The van der Waals surface area contributed by atoms with Crippen LogP contribution in [0, 0.1) is 11.3 Å². The molecule has 0 aliphatic carbocycles. The van der Waals surface area contributed by atoms with Gasteiger partial charge >= 0.3 is 0 Å². The minimum absolute atomic E-state index is 0.735. The van der Waals surface area contributed by atoms with Gasteiger partial charge in [0.05, 0.1) is 11.6 Å². The van der Waals surface area contributed by atoms with Crippen LogP contribution in [0.1, 0.15) is 18.4 Å². The minimum atomic E-state index is 0.735. The Morgan fingerprint density at radius 3 is 2.63 bits per heavy atom. The van der Waals surface area contributed by atoms with E-state index in [2.05, 4.69) is 30.7 Å². The number of benzene rings is 2. The summed E-state index contributed by atoms with van der Waals surface area (Å²) in [4.78, 5) is 2.24. The number of anilines is 1. The molecule has 19 heavy (non-hydrogen) atoms. The first-order valence-corrected chi connectivity index (χ1v) is 6.52. The summed E-state index contributed by atoms with van der Waals surface area (Å²) in [5, 5.41) is 11.3. The predicted molar refractivity (Wildman–Crippen MR) is 81.4 cm³/mol. The van der Waals surface area contributed by atoms with Gasteiger partial charge in [-0.05, 0) is 25.0 Å². The summed E-state index contributed by atoms with van der Waals surface area (Å²) in [6.07, 6.45) is 4.07. The molecular weight excluding hydrogens is 232 g/mol. The second-order valence-electron chi connectivity index (χ2n) is 4.64. The highest BCUT2D eigenvalue weighted by Crippen LogP contribution is 2.28. The first-order valence-electron chi connectivity index (χ1n) is 6.52. The quantitative estimate of drug-likeness (QED) is 0.589. The van der Waals surface area contributed by atoms with Crippen LogP contribution in [0.15, 0.2) is 49.1 Å². The fraction of sp³-hybridized carbons (Fsp3) is 0.235. The van der Waals surface area contributed by atoms with Gasteiger partial charge < -0.3 is 4.90 Å². The molecule has 0 N–H and O–H groups in total. The molecule has 2 rings (SSSR count). The SMILES string of the molecule is C=CCCCN(C)c1ccc(C#N)c2ccccc12. The molecule has 0 saturated heterocycles. The average Bonchev–Trinajstić information content (AvgIpc) is 2.46. The van der Waals surface area contributed by atoms with E-state index in [9.17, 15) is 0 Å². The molecule has 0 aliphatic heterocycles. The fourth-order valence-electron chi connectivity index (χ4n) is 2.31. The topological polar surface area (TPSA) is 27.0 Å². The number of rotatable bonds is 5. The van der Waals surface area contributed by atoms with Gasteiger partial charge in [0.2, 0.25) is 0 Å². The summed E-state index contributed by atoms with van der Waals surface area (Å²) in [6.45, 7) is 4.74. The second-order valence-corrected chi connectivity index (χ2v) is 4.64. The lowest BCUT2D eigenvalue weighted by Crippen LogP contribution is -2.18. The zero-order valence-corrected chi connectivity index (χ0v) is 11.3. The van der Waals surface area contributed by atoms with E-state index in [4.69, 9.17) is 5.26 Å². The summed E-state index contributed by atoms with van der Waals surface area (Å²) >= 11 is 0. The largest absolute Gasteiger partial charge is 0.374 e. The standard InChI is InChI=1S/C17H18N2/c1-3-4-7-12-19(2)17-11-10-14(13-18)15-8-5-6-9-16(15)17/h3,5-6,8-11H,1,4,7,12H2,2H3. The van der Waals surface area contributed by atoms with Crippen molar-refractivity contribution >= 4 is 16.5 Å². The van der Waals surface area contributed by atoms with Gasteiger partial charge in [-0.15, -0.1) is 6.58 Å². The average molecular weight is 250 g/mol. The molecule has 96 valence electrons. The van der Waals surface area contributed by atoms with E-state index in [1.807, 2.05) is 36.4 Å². The van der Waals surface area contributed by atoms with Gasteiger partial charge in [-0.2, -0.15) is 5.26 Å². The van der Waals surface area contributed by atoms with Crippen molar-refractivity contribution in [3.63, 3.8) is 0 Å². The molecule has 2 nitrogen and oxygen atoms in total. The third-order valence-electron chi connectivity index (χ3n) is 3.33. The number of unbranched alkanes of at least 4 members (excludes halogenated alkanes) is 1. The Morgan fingerprint density at radius 2 is 1.95 bits per heavy atom. The van der Waals surface area contributed by atoms with Gasteiger partial charge in [0.15, 0.2) is 0 Å². The van der Waals surface area contributed by atoms with E-state index in [0.717, 1.165) is 35.7 Å². The molecule has 0 atom stereocenters. The van der Waals surface area contributed by atoms with E-state index >= 15 is 0 Å². The predicted octanol–water partition coefficient (Wildman–Crippen LogP) is 4.11. The maximum Gasteiger partial charge on any atom is 0.0998 e. The molecule has 0 unspecified atom stereocenters. The highest BCUT2D eigenvalue weighted by molar-refractivity contribution is 5.97. The van der Waals surface area contributed by atoms with Crippen molar-refractivity contribution in [3.05, 3.63) is 54.6 Å². The Kier molecular flexibility index (Phi) is 4.20. The van der Waals surface area contributed by atoms with Crippen molar-refractivity contribution in [2.75, 3.05) is 18.5 Å². The van der Waals surface area contributed by atoms with E-state index in [1.165, 1.54) is 5.69 Å². The van der Waals surface area contributed by atoms with Gasteiger partial charge in [0.1, 0.15) is 0 Å². The van der Waals surface area contributed by atoms with Crippen molar-refractivity contribution in [3.8, 4) is 6.07 Å². The lowest BCUT2D eigenvalue weighted by atomic mass is 10.0. The molecule has 2 heteroatoms. The summed E-state index contributed by atoms with van der Waals surface area (Å²) in [5.41, 5.74) is 1.91. The van der Waals surface area contributed by atoms with Gasteiger partial charge in [0, 0.05) is 30.1 Å². The van der Waals surface area contributed by atoms with E-state index in [-0.39, 0.29) is 0 Å². The van der Waals surface area contributed by atoms with Crippen LogP contribution in [-0.4, -0.2) is 13.6 Å². The Bertz CT molecular complexity index is 623. The van der Waals surface area contributed by atoms with E-state index < -0.39 is 0 Å². The Labute approximate surface area is 114 Å². The maximum atomic E-state index is 9.16. The van der Waals surface area contributed by atoms with Crippen LogP contribution in [0.5, 0.6) is 0 Å². The van der Waals surface area contributed by atoms with Crippen molar-refractivity contribution in [2.45, 2.75) is 12.8 Å². The lowest BCUT2D eigenvalue weighted by molar-refractivity contribution is 0.804. The smallest absolute Gasteiger partial charge is 0.0998 e. The first-order chi connectivity index (χ1) is 9.27. The lowest BCUT2D eigenvalue weighted by Gasteiger charge is -2.21. The van der Waals surface area contributed by atoms with Crippen molar-refractivity contribution in [1.29, 1.82) is 5.26 Å². The highest BCUT2D eigenvalue weighted by atomic mass is 15.1.